The van der Waals surface area contributed by atoms with E-state index in [4.69, 9.17) is 17.0 Å². The molecule has 1 heterocycles. The van der Waals surface area contributed by atoms with Gasteiger partial charge in [-0.25, -0.2) is 5.84 Å². The van der Waals surface area contributed by atoms with Crippen molar-refractivity contribution >= 4 is 11.9 Å². The van der Waals surface area contributed by atoms with Crippen molar-refractivity contribution in [3.8, 4) is 18.4 Å². The van der Waals surface area contributed by atoms with Gasteiger partial charge in [-0.15, -0.1) is 6.42 Å². The zero-order valence-electron chi connectivity index (χ0n) is 10.8. The first-order valence-corrected chi connectivity index (χ1v) is 5.75. The van der Waals surface area contributed by atoms with E-state index >= 15 is 0 Å². The van der Waals surface area contributed by atoms with Gasteiger partial charge in [0.2, 0.25) is 11.9 Å². The molecule has 98 valence electrons. The number of nitrogen functional groups attached to an aromatic ring is 1. The standard InChI is InChI=1S/C11H18N6O/c1-5-8(4)18-11-14-9(16-12)13-10(15-11)17(6-2)7-3/h1,8H,6-7,12H2,2-4H3,(H,13,14,15,16). The summed E-state index contributed by atoms with van der Waals surface area (Å²) in [6, 6.07) is 0.158. The van der Waals surface area contributed by atoms with Crippen LogP contribution in [0.4, 0.5) is 11.9 Å². The van der Waals surface area contributed by atoms with Crippen LogP contribution in [0.15, 0.2) is 0 Å². The van der Waals surface area contributed by atoms with Gasteiger partial charge in [0.25, 0.3) is 0 Å². The van der Waals surface area contributed by atoms with Gasteiger partial charge >= 0.3 is 6.01 Å². The molecule has 1 rings (SSSR count). The Morgan fingerprint density at radius 2 is 2.06 bits per heavy atom. The molecule has 1 unspecified atom stereocenters. The second kappa shape index (κ2) is 6.61. The number of terminal acetylenes is 1. The highest BCUT2D eigenvalue weighted by Gasteiger charge is 2.12. The first-order chi connectivity index (χ1) is 8.64. The molecule has 0 aliphatic rings. The molecule has 1 aromatic heterocycles. The summed E-state index contributed by atoms with van der Waals surface area (Å²) in [5.41, 5.74) is 2.38. The van der Waals surface area contributed by atoms with Crippen LogP contribution in [0.25, 0.3) is 0 Å². The largest absolute Gasteiger partial charge is 0.447 e. The van der Waals surface area contributed by atoms with E-state index in [1.807, 2.05) is 18.7 Å². The number of hydrazine groups is 1. The summed E-state index contributed by atoms with van der Waals surface area (Å²) in [6.07, 6.45) is 4.83. The molecule has 7 heteroatoms. The summed E-state index contributed by atoms with van der Waals surface area (Å²) in [6.45, 7) is 7.29. The van der Waals surface area contributed by atoms with Gasteiger partial charge in [0.05, 0.1) is 0 Å². The van der Waals surface area contributed by atoms with Crippen molar-refractivity contribution < 1.29 is 4.74 Å². The zero-order chi connectivity index (χ0) is 13.5. The summed E-state index contributed by atoms with van der Waals surface area (Å²) >= 11 is 0. The number of anilines is 2. The number of nitrogens with two attached hydrogens (primary N) is 1. The second-order valence-electron chi connectivity index (χ2n) is 3.48. The van der Waals surface area contributed by atoms with Gasteiger partial charge in [-0.05, 0) is 20.8 Å². The van der Waals surface area contributed by atoms with Gasteiger partial charge in [0, 0.05) is 13.1 Å². The molecule has 0 saturated carbocycles. The molecule has 0 bridgehead atoms. The van der Waals surface area contributed by atoms with Crippen molar-refractivity contribution in [1.29, 1.82) is 0 Å². The Morgan fingerprint density at radius 3 is 2.56 bits per heavy atom. The molecular formula is C11H18N6O. The van der Waals surface area contributed by atoms with Crippen molar-refractivity contribution in [2.75, 3.05) is 23.4 Å². The fraction of sp³-hybridized carbons (Fsp3) is 0.545. The predicted octanol–water partition coefficient (Wildman–Crippen LogP) is 0.404. The molecule has 0 radical (unpaired) electrons. The van der Waals surface area contributed by atoms with Crippen LogP contribution in [0.1, 0.15) is 20.8 Å². The van der Waals surface area contributed by atoms with E-state index in [1.54, 1.807) is 6.92 Å². The molecule has 0 aliphatic heterocycles. The van der Waals surface area contributed by atoms with E-state index in [2.05, 4.69) is 26.3 Å². The minimum Gasteiger partial charge on any atom is -0.447 e. The Morgan fingerprint density at radius 1 is 1.39 bits per heavy atom. The van der Waals surface area contributed by atoms with Gasteiger partial charge < -0.3 is 9.64 Å². The number of hydrogen-bond donors (Lipinski definition) is 2. The molecule has 0 saturated heterocycles. The lowest BCUT2D eigenvalue weighted by molar-refractivity contribution is 0.255. The predicted molar refractivity (Wildman–Crippen MR) is 70.1 cm³/mol. The topological polar surface area (TPSA) is 89.2 Å². The van der Waals surface area contributed by atoms with Gasteiger partial charge in [-0.1, -0.05) is 5.92 Å². The summed E-state index contributed by atoms with van der Waals surface area (Å²) in [7, 11) is 0. The number of rotatable bonds is 6. The molecule has 3 N–H and O–H groups in total. The van der Waals surface area contributed by atoms with Crippen molar-refractivity contribution in [2.45, 2.75) is 26.9 Å². The third kappa shape index (κ3) is 3.46. The van der Waals surface area contributed by atoms with Crippen molar-refractivity contribution in [3.63, 3.8) is 0 Å². The van der Waals surface area contributed by atoms with E-state index in [0.29, 0.717) is 5.95 Å². The van der Waals surface area contributed by atoms with E-state index in [1.165, 1.54) is 0 Å². The maximum absolute atomic E-state index is 5.37. The molecule has 1 aromatic rings. The van der Waals surface area contributed by atoms with Crippen LogP contribution in [-0.2, 0) is 0 Å². The molecule has 0 fully saturated rings. The highest BCUT2D eigenvalue weighted by atomic mass is 16.5. The van der Waals surface area contributed by atoms with E-state index < -0.39 is 6.10 Å². The van der Waals surface area contributed by atoms with E-state index in [0.717, 1.165) is 13.1 Å². The lowest BCUT2D eigenvalue weighted by Gasteiger charge is -2.19. The molecule has 0 amide bonds. The van der Waals surface area contributed by atoms with Crippen LogP contribution in [0.2, 0.25) is 0 Å². The minimum absolute atomic E-state index is 0.158. The highest BCUT2D eigenvalue weighted by Crippen LogP contribution is 2.15. The van der Waals surface area contributed by atoms with Crippen molar-refractivity contribution in [3.05, 3.63) is 0 Å². The number of ether oxygens (including phenoxy) is 1. The summed E-state index contributed by atoms with van der Waals surface area (Å²) in [4.78, 5) is 14.3. The maximum Gasteiger partial charge on any atom is 0.324 e. The Balaban J connectivity index is 3.05. The molecule has 18 heavy (non-hydrogen) atoms. The number of nitrogens with zero attached hydrogens (tertiary/aromatic N) is 4. The lowest BCUT2D eigenvalue weighted by atomic mass is 10.4. The van der Waals surface area contributed by atoms with Gasteiger partial charge in [-0.3, -0.25) is 5.43 Å². The molecule has 0 spiro atoms. The van der Waals surface area contributed by atoms with Crippen LogP contribution in [-0.4, -0.2) is 34.1 Å². The summed E-state index contributed by atoms with van der Waals surface area (Å²) in [5.74, 6) is 8.50. The van der Waals surface area contributed by atoms with Crippen LogP contribution in [0.5, 0.6) is 6.01 Å². The van der Waals surface area contributed by atoms with E-state index in [-0.39, 0.29) is 12.0 Å². The first-order valence-electron chi connectivity index (χ1n) is 5.75. The zero-order valence-corrected chi connectivity index (χ0v) is 10.8. The first kappa shape index (κ1) is 14.0. The molecule has 0 aliphatic carbocycles. The fourth-order valence-corrected chi connectivity index (χ4v) is 1.30. The third-order valence-electron chi connectivity index (χ3n) is 2.30. The fourth-order valence-electron chi connectivity index (χ4n) is 1.30. The lowest BCUT2D eigenvalue weighted by Crippen LogP contribution is -2.26. The summed E-state index contributed by atoms with van der Waals surface area (Å²) in [5, 5.41) is 0. The third-order valence-corrected chi connectivity index (χ3v) is 2.30. The Bertz CT molecular complexity index is 426. The highest BCUT2D eigenvalue weighted by molar-refractivity contribution is 5.37. The van der Waals surface area contributed by atoms with Crippen LogP contribution in [0, 0.1) is 12.3 Å². The SMILES string of the molecule is C#CC(C)Oc1nc(NN)nc(N(CC)CC)n1. The van der Waals surface area contributed by atoms with Gasteiger partial charge in [-0.2, -0.15) is 15.0 Å². The molecular weight excluding hydrogens is 232 g/mol. The normalized spacial score (nSPS) is 11.5. The Kier molecular flexibility index (Phi) is 5.14. The van der Waals surface area contributed by atoms with Crippen LogP contribution < -0.4 is 20.9 Å². The average molecular weight is 250 g/mol. The second-order valence-corrected chi connectivity index (χ2v) is 3.48. The molecule has 1 atom stereocenters. The molecule has 7 nitrogen and oxygen atoms in total. The Hall–Kier alpha value is -2.07. The van der Waals surface area contributed by atoms with Crippen LogP contribution in [0.3, 0.4) is 0 Å². The van der Waals surface area contributed by atoms with Crippen molar-refractivity contribution in [2.24, 2.45) is 5.84 Å². The number of hydrogen-bond acceptors (Lipinski definition) is 7. The smallest absolute Gasteiger partial charge is 0.324 e. The van der Waals surface area contributed by atoms with Gasteiger partial charge in [0.1, 0.15) is 0 Å². The quantitative estimate of drug-likeness (QED) is 0.429. The molecule has 0 aromatic carbocycles. The van der Waals surface area contributed by atoms with Crippen LogP contribution >= 0.6 is 0 Å². The average Bonchev–Trinajstić information content (AvgIpc) is 2.39. The Labute approximate surface area is 107 Å². The number of aromatic nitrogens is 3. The summed E-state index contributed by atoms with van der Waals surface area (Å²) < 4.78 is 5.37. The number of nitrogens with one attached hydrogen (secondary N) is 1. The maximum atomic E-state index is 5.37. The minimum atomic E-state index is -0.414. The monoisotopic (exact) mass is 250 g/mol. The van der Waals surface area contributed by atoms with Gasteiger partial charge in [0.15, 0.2) is 6.10 Å². The van der Waals surface area contributed by atoms with Crippen molar-refractivity contribution in [1.82, 2.24) is 15.0 Å². The van der Waals surface area contributed by atoms with E-state index in [9.17, 15) is 0 Å².